The third kappa shape index (κ3) is 2.19. The Labute approximate surface area is 94.4 Å². The van der Waals surface area contributed by atoms with Crippen molar-refractivity contribution >= 4 is 15.5 Å². The van der Waals surface area contributed by atoms with E-state index < -0.39 is 15.7 Å². The Morgan fingerprint density at radius 2 is 2.06 bits per heavy atom. The topological polar surface area (TPSA) is 60.2 Å². The molecule has 0 radical (unpaired) electrons. The lowest BCUT2D eigenvalue weighted by Crippen LogP contribution is -2.22. The minimum Gasteiger partial charge on any atom is -0.398 e. The molecule has 0 aromatic heterocycles. The molecule has 88 valence electrons. The molecular formula is C11H14FNO2S. The van der Waals surface area contributed by atoms with Crippen LogP contribution in [-0.2, 0) is 9.84 Å². The van der Waals surface area contributed by atoms with Gasteiger partial charge in [-0.2, -0.15) is 0 Å². The Kier molecular flexibility index (Phi) is 2.88. The van der Waals surface area contributed by atoms with Crippen LogP contribution < -0.4 is 5.73 Å². The molecule has 0 bridgehead atoms. The van der Waals surface area contributed by atoms with Gasteiger partial charge in [-0.25, -0.2) is 12.8 Å². The molecular weight excluding hydrogens is 229 g/mol. The van der Waals surface area contributed by atoms with Gasteiger partial charge in [0.1, 0.15) is 5.82 Å². The van der Waals surface area contributed by atoms with E-state index in [-0.39, 0.29) is 22.3 Å². The van der Waals surface area contributed by atoms with Gasteiger partial charge in [-0.05, 0) is 37.0 Å². The SMILES string of the molecule is Nc1ccc(F)cc1S(=O)(=O)CC1CCC1. The molecule has 1 aromatic rings. The van der Waals surface area contributed by atoms with Gasteiger partial charge in [0.15, 0.2) is 9.84 Å². The number of sulfone groups is 1. The highest BCUT2D eigenvalue weighted by molar-refractivity contribution is 7.91. The number of benzene rings is 1. The number of nitrogens with two attached hydrogens (primary N) is 1. The molecule has 0 aliphatic heterocycles. The molecule has 2 N–H and O–H groups in total. The maximum absolute atomic E-state index is 13.0. The standard InChI is InChI=1S/C11H14FNO2S/c12-9-4-5-10(13)11(6-9)16(14,15)7-8-2-1-3-8/h4-6,8H,1-3,7,13H2. The zero-order valence-electron chi connectivity index (χ0n) is 8.82. The average Bonchev–Trinajstić information content (AvgIpc) is 2.16. The summed E-state index contributed by atoms with van der Waals surface area (Å²) >= 11 is 0. The Morgan fingerprint density at radius 3 is 2.62 bits per heavy atom. The van der Waals surface area contributed by atoms with Crippen LogP contribution >= 0.6 is 0 Å². The number of anilines is 1. The van der Waals surface area contributed by atoms with Crippen LogP contribution in [0.2, 0.25) is 0 Å². The van der Waals surface area contributed by atoms with E-state index in [0.717, 1.165) is 31.4 Å². The fourth-order valence-electron chi connectivity index (χ4n) is 1.84. The molecule has 0 amide bonds. The van der Waals surface area contributed by atoms with Crippen LogP contribution in [0.1, 0.15) is 19.3 Å². The van der Waals surface area contributed by atoms with E-state index in [1.165, 1.54) is 6.07 Å². The molecule has 1 aliphatic carbocycles. The lowest BCUT2D eigenvalue weighted by atomic mass is 9.87. The van der Waals surface area contributed by atoms with Crippen molar-refractivity contribution in [1.29, 1.82) is 0 Å². The smallest absolute Gasteiger partial charge is 0.180 e. The highest BCUT2D eigenvalue weighted by Gasteiger charge is 2.27. The molecule has 0 unspecified atom stereocenters. The van der Waals surface area contributed by atoms with Gasteiger partial charge >= 0.3 is 0 Å². The summed E-state index contributed by atoms with van der Waals surface area (Å²) < 4.78 is 36.9. The third-order valence-electron chi connectivity index (χ3n) is 2.99. The van der Waals surface area contributed by atoms with Gasteiger partial charge in [-0.1, -0.05) is 6.42 Å². The Balaban J connectivity index is 2.30. The minimum atomic E-state index is -3.44. The summed E-state index contributed by atoms with van der Waals surface area (Å²) in [6.45, 7) is 0. The first-order valence-electron chi connectivity index (χ1n) is 5.27. The van der Waals surface area contributed by atoms with Crippen molar-refractivity contribution in [3.63, 3.8) is 0 Å². The van der Waals surface area contributed by atoms with Crippen molar-refractivity contribution in [2.45, 2.75) is 24.2 Å². The van der Waals surface area contributed by atoms with Gasteiger partial charge in [0, 0.05) is 0 Å². The van der Waals surface area contributed by atoms with E-state index in [4.69, 9.17) is 5.73 Å². The lowest BCUT2D eigenvalue weighted by Gasteiger charge is -2.25. The molecule has 1 fully saturated rings. The van der Waals surface area contributed by atoms with Crippen molar-refractivity contribution in [2.75, 3.05) is 11.5 Å². The van der Waals surface area contributed by atoms with Crippen molar-refractivity contribution in [2.24, 2.45) is 5.92 Å². The van der Waals surface area contributed by atoms with E-state index >= 15 is 0 Å². The molecule has 16 heavy (non-hydrogen) atoms. The van der Waals surface area contributed by atoms with E-state index in [2.05, 4.69) is 0 Å². The number of halogens is 1. The van der Waals surface area contributed by atoms with Crippen molar-refractivity contribution < 1.29 is 12.8 Å². The highest BCUT2D eigenvalue weighted by atomic mass is 32.2. The van der Waals surface area contributed by atoms with Gasteiger partial charge in [-0.15, -0.1) is 0 Å². The van der Waals surface area contributed by atoms with Crippen molar-refractivity contribution in [3.05, 3.63) is 24.0 Å². The van der Waals surface area contributed by atoms with Crippen LogP contribution in [-0.4, -0.2) is 14.2 Å². The second-order valence-electron chi connectivity index (χ2n) is 4.26. The summed E-state index contributed by atoms with van der Waals surface area (Å²) in [5, 5.41) is 0. The average molecular weight is 243 g/mol. The maximum Gasteiger partial charge on any atom is 0.180 e. The molecule has 2 rings (SSSR count). The van der Waals surface area contributed by atoms with E-state index in [9.17, 15) is 12.8 Å². The zero-order valence-corrected chi connectivity index (χ0v) is 9.63. The Bertz CT molecular complexity index is 495. The van der Waals surface area contributed by atoms with Gasteiger partial charge in [-0.3, -0.25) is 0 Å². The van der Waals surface area contributed by atoms with Gasteiger partial charge in [0.25, 0.3) is 0 Å². The van der Waals surface area contributed by atoms with Crippen LogP contribution in [0.5, 0.6) is 0 Å². The van der Waals surface area contributed by atoms with Crippen LogP contribution in [0, 0.1) is 11.7 Å². The first kappa shape index (κ1) is 11.4. The van der Waals surface area contributed by atoms with Crippen LogP contribution in [0.4, 0.5) is 10.1 Å². The summed E-state index contributed by atoms with van der Waals surface area (Å²) in [5.74, 6) is -0.269. The van der Waals surface area contributed by atoms with Crippen molar-refractivity contribution in [3.8, 4) is 0 Å². The summed E-state index contributed by atoms with van der Waals surface area (Å²) in [5.41, 5.74) is 5.69. The Hall–Kier alpha value is -1.10. The third-order valence-corrected chi connectivity index (χ3v) is 4.92. The summed E-state index contributed by atoms with van der Waals surface area (Å²) in [6.07, 6.45) is 2.96. The first-order valence-corrected chi connectivity index (χ1v) is 6.92. The summed E-state index contributed by atoms with van der Waals surface area (Å²) in [4.78, 5) is -0.0700. The minimum absolute atomic E-state index is 0.0700. The number of hydrogen-bond donors (Lipinski definition) is 1. The fraction of sp³-hybridized carbons (Fsp3) is 0.455. The van der Waals surface area contributed by atoms with Crippen LogP contribution in [0.15, 0.2) is 23.1 Å². The number of nitrogen functional groups attached to an aromatic ring is 1. The molecule has 0 saturated heterocycles. The fourth-order valence-corrected chi connectivity index (χ4v) is 3.69. The molecule has 1 aromatic carbocycles. The predicted molar refractivity (Wildman–Crippen MR) is 60.2 cm³/mol. The molecule has 0 heterocycles. The molecule has 0 spiro atoms. The molecule has 1 aliphatic rings. The summed E-state index contributed by atoms with van der Waals surface area (Å²) in [6, 6.07) is 3.46. The highest BCUT2D eigenvalue weighted by Crippen LogP contribution is 2.31. The second-order valence-corrected chi connectivity index (χ2v) is 6.26. The number of hydrogen-bond acceptors (Lipinski definition) is 3. The molecule has 3 nitrogen and oxygen atoms in total. The van der Waals surface area contributed by atoms with Gasteiger partial charge < -0.3 is 5.73 Å². The molecule has 1 saturated carbocycles. The maximum atomic E-state index is 13.0. The van der Waals surface area contributed by atoms with Gasteiger partial charge in [0.2, 0.25) is 0 Å². The van der Waals surface area contributed by atoms with E-state index in [1.54, 1.807) is 0 Å². The zero-order chi connectivity index (χ0) is 11.8. The van der Waals surface area contributed by atoms with Crippen LogP contribution in [0.3, 0.4) is 0 Å². The Morgan fingerprint density at radius 1 is 1.38 bits per heavy atom. The lowest BCUT2D eigenvalue weighted by molar-refractivity contribution is 0.347. The van der Waals surface area contributed by atoms with Gasteiger partial charge in [0.05, 0.1) is 16.3 Å². The van der Waals surface area contributed by atoms with Crippen molar-refractivity contribution in [1.82, 2.24) is 0 Å². The largest absolute Gasteiger partial charge is 0.398 e. The quantitative estimate of drug-likeness (QED) is 0.826. The van der Waals surface area contributed by atoms with E-state index in [1.807, 2.05) is 0 Å². The first-order chi connectivity index (χ1) is 7.49. The monoisotopic (exact) mass is 243 g/mol. The normalized spacial score (nSPS) is 17.1. The predicted octanol–water partition coefficient (Wildman–Crippen LogP) is 1.98. The second kappa shape index (κ2) is 4.05. The summed E-state index contributed by atoms with van der Waals surface area (Å²) in [7, 11) is -3.44. The van der Waals surface area contributed by atoms with E-state index in [0.29, 0.717) is 0 Å². The van der Waals surface area contributed by atoms with Crippen LogP contribution in [0.25, 0.3) is 0 Å². The molecule has 5 heteroatoms. The molecule has 0 atom stereocenters. The number of rotatable bonds is 3.